The first kappa shape index (κ1) is 29.1. The van der Waals surface area contributed by atoms with Gasteiger partial charge in [0.05, 0.1) is 5.56 Å². The molecule has 1 saturated carbocycles. The molecular weight excluding hydrogens is 575 g/mol. The molecule has 1 aliphatic carbocycles. The number of likely N-dealkylation sites (tertiary alicyclic amines) is 1. The Morgan fingerprint density at radius 2 is 1.79 bits per heavy atom. The molecule has 2 amide bonds. The molecule has 1 saturated heterocycles. The van der Waals surface area contributed by atoms with Crippen molar-refractivity contribution in [1.82, 2.24) is 25.1 Å². The van der Waals surface area contributed by atoms with Crippen LogP contribution in [-0.4, -0.2) is 56.0 Å². The van der Waals surface area contributed by atoms with Crippen molar-refractivity contribution in [2.24, 2.45) is 5.92 Å². The van der Waals surface area contributed by atoms with Crippen LogP contribution >= 0.6 is 12.4 Å². The number of alkyl halides is 3. The number of hydrogen-bond acceptors (Lipinski definition) is 7. The van der Waals surface area contributed by atoms with Gasteiger partial charge in [0.25, 0.3) is 5.91 Å². The second-order valence-electron chi connectivity index (χ2n) is 10.2. The Morgan fingerprint density at radius 3 is 2.52 bits per heavy atom. The van der Waals surface area contributed by atoms with Crippen LogP contribution in [0.3, 0.4) is 0 Å². The molecule has 2 fully saturated rings. The molecule has 1 aromatic carbocycles. The number of amides is 2. The number of rotatable bonds is 7. The first-order chi connectivity index (χ1) is 19.7. The Balaban J connectivity index is 0.00000353. The lowest BCUT2D eigenvalue weighted by Crippen LogP contribution is -2.45. The summed E-state index contributed by atoms with van der Waals surface area (Å²) in [6.45, 7) is 1.38. The van der Waals surface area contributed by atoms with Gasteiger partial charge in [-0.15, -0.1) is 12.4 Å². The Labute approximate surface area is 244 Å². The largest absolute Gasteiger partial charge is 0.456 e. The number of aromatic nitrogens is 4. The number of carbonyl (C=O) groups is 2. The van der Waals surface area contributed by atoms with Crippen molar-refractivity contribution in [2.75, 3.05) is 23.7 Å². The van der Waals surface area contributed by atoms with E-state index in [-0.39, 0.29) is 41.7 Å². The number of carbonyl (C=O) groups excluding carboxylic acids is 2. The minimum atomic E-state index is -4.55. The minimum Gasteiger partial charge on any atom is -0.456 e. The number of nitrogens with one attached hydrogen (secondary N) is 3. The molecule has 220 valence electrons. The van der Waals surface area contributed by atoms with E-state index >= 15 is 0 Å². The summed E-state index contributed by atoms with van der Waals surface area (Å²) in [6.07, 6.45) is 1.78. The highest BCUT2D eigenvalue weighted by Crippen LogP contribution is 2.35. The van der Waals surface area contributed by atoms with Crippen LogP contribution < -0.4 is 15.4 Å². The zero-order valence-corrected chi connectivity index (χ0v) is 23.0. The average molecular weight is 602 g/mol. The highest BCUT2D eigenvalue weighted by Gasteiger charge is 2.35. The topological polar surface area (TPSA) is 125 Å². The molecule has 0 spiro atoms. The molecule has 6 rings (SSSR count). The molecule has 0 radical (unpaired) electrons. The third-order valence-corrected chi connectivity index (χ3v) is 7.10. The predicted octanol–water partition coefficient (Wildman–Crippen LogP) is 5.65. The van der Waals surface area contributed by atoms with Gasteiger partial charge in [0.1, 0.15) is 22.7 Å². The van der Waals surface area contributed by atoms with Gasteiger partial charge in [0, 0.05) is 49.1 Å². The molecule has 0 bridgehead atoms. The highest BCUT2D eigenvalue weighted by molar-refractivity contribution is 6.03. The van der Waals surface area contributed by atoms with Crippen molar-refractivity contribution in [2.45, 2.75) is 37.9 Å². The quantitative estimate of drug-likeness (QED) is 0.250. The number of aromatic amines is 1. The molecule has 4 heterocycles. The van der Waals surface area contributed by atoms with Crippen molar-refractivity contribution < 1.29 is 27.5 Å². The standard InChI is InChI=1S/C28H26F3N7O3.ClH/c29-28(30,31)18-9-11-32-22(14-18)35-26(39)16-5-7-20(8-6-16)41-21-10-12-33-24-23(21)25(37-36-24)34-19-2-1-13-38(15-19)27(40)17-3-4-17;/h5-12,14,17,19H,1-4,13,15H2,(H,32,35,39)(H2,33,34,36,37);1H/t19-;/m1./s1. The van der Waals surface area contributed by atoms with Crippen molar-refractivity contribution in [3.05, 3.63) is 66.0 Å². The van der Waals surface area contributed by atoms with Gasteiger partial charge in [-0.1, -0.05) is 0 Å². The summed E-state index contributed by atoms with van der Waals surface area (Å²) in [4.78, 5) is 35.2. The summed E-state index contributed by atoms with van der Waals surface area (Å²) in [7, 11) is 0. The fourth-order valence-corrected chi connectivity index (χ4v) is 4.85. The number of ether oxygens (including phenoxy) is 1. The fourth-order valence-electron chi connectivity index (χ4n) is 4.85. The molecule has 3 N–H and O–H groups in total. The Kier molecular flexibility index (Phi) is 8.21. The summed E-state index contributed by atoms with van der Waals surface area (Å²) in [6, 6.07) is 9.50. The van der Waals surface area contributed by atoms with Crippen molar-refractivity contribution in [3.8, 4) is 11.5 Å². The Hall–Kier alpha value is -4.39. The molecule has 2 aliphatic rings. The molecular formula is C28H27ClF3N7O3. The van der Waals surface area contributed by atoms with Gasteiger partial charge < -0.3 is 20.3 Å². The van der Waals surface area contributed by atoms with E-state index < -0.39 is 17.6 Å². The van der Waals surface area contributed by atoms with Crippen molar-refractivity contribution in [3.63, 3.8) is 0 Å². The average Bonchev–Trinajstić information content (AvgIpc) is 3.74. The highest BCUT2D eigenvalue weighted by atomic mass is 35.5. The van der Waals surface area contributed by atoms with Gasteiger partial charge in [-0.05, 0) is 62.1 Å². The Morgan fingerprint density at radius 1 is 1.02 bits per heavy atom. The lowest BCUT2D eigenvalue weighted by molar-refractivity contribution is -0.137. The minimum absolute atomic E-state index is 0. The number of fused-ring (bicyclic) bond motifs is 1. The summed E-state index contributed by atoms with van der Waals surface area (Å²) in [5.74, 6) is 1.07. The molecule has 10 nitrogen and oxygen atoms in total. The van der Waals surface area contributed by atoms with Crippen LogP contribution in [0.5, 0.6) is 11.5 Å². The maximum absolute atomic E-state index is 13.0. The number of H-pyrrole nitrogens is 1. The zero-order valence-electron chi connectivity index (χ0n) is 22.1. The van der Waals surface area contributed by atoms with E-state index in [1.807, 2.05) is 4.90 Å². The van der Waals surface area contributed by atoms with Crippen LogP contribution in [0.2, 0.25) is 0 Å². The van der Waals surface area contributed by atoms with Gasteiger partial charge in [-0.3, -0.25) is 14.7 Å². The van der Waals surface area contributed by atoms with Gasteiger partial charge in [-0.2, -0.15) is 18.3 Å². The maximum Gasteiger partial charge on any atom is 0.416 e. The zero-order chi connectivity index (χ0) is 28.6. The van der Waals surface area contributed by atoms with E-state index in [1.165, 1.54) is 12.1 Å². The van der Waals surface area contributed by atoms with Crippen LogP contribution in [0.25, 0.3) is 11.0 Å². The molecule has 1 atom stereocenters. The first-order valence-electron chi connectivity index (χ1n) is 13.3. The number of piperidine rings is 1. The van der Waals surface area contributed by atoms with Crippen LogP contribution in [0, 0.1) is 5.92 Å². The second kappa shape index (κ2) is 11.8. The SMILES string of the molecule is Cl.O=C(Nc1cc(C(F)(F)F)ccn1)c1ccc(Oc2ccnc3[nH]nc(N[C@@H]4CCCN(C(=O)C5CC5)C4)c23)cc1. The predicted molar refractivity (Wildman–Crippen MR) is 151 cm³/mol. The lowest BCUT2D eigenvalue weighted by Gasteiger charge is -2.33. The summed E-state index contributed by atoms with van der Waals surface area (Å²) in [5, 5.41) is 13.8. The van der Waals surface area contributed by atoms with Gasteiger partial charge >= 0.3 is 6.18 Å². The van der Waals surface area contributed by atoms with Crippen LogP contribution in [0.15, 0.2) is 54.9 Å². The van der Waals surface area contributed by atoms with Gasteiger partial charge in [-0.25, -0.2) is 9.97 Å². The van der Waals surface area contributed by atoms with Crippen molar-refractivity contribution >= 4 is 46.9 Å². The van der Waals surface area contributed by atoms with Gasteiger partial charge in [0.15, 0.2) is 11.5 Å². The number of anilines is 2. The molecule has 14 heteroatoms. The van der Waals surface area contributed by atoms with Crippen molar-refractivity contribution in [1.29, 1.82) is 0 Å². The fraction of sp³-hybridized carbons (Fsp3) is 0.321. The molecule has 1 aliphatic heterocycles. The van der Waals surface area contributed by atoms with E-state index in [0.717, 1.165) is 50.6 Å². The normalized spacial score (nSPS) is 16.9. The van der Waals surface area contributed by atoms with Gasteiger partial charge in [0.2, 0.25) is 5.91 Å². The molecule has 4 aromatic rings. The van der Waals surface area contributed by atoms with Crippen LogP contribution in [0.1, 0.15) is 41.6 Å². The molecule has 3 aromatic heterocycles. The van der Waals surface area contributed by atoms with E-state index in [4.69, 9.17) is 4.74 Å². The summed E-state index contributed by atoms with van der Waals surface area (Å²) in [5.41, 5.74) is -0.170. The summed E-state index contributed by atoms with van der Waals surface area (Å²) >= 11 is 0. The number of hydrogen-bond donors (Lipinski definition) is 3. The third-order valence-electron chi connectivity index (χ3n) is 7.10. The van der Waals surface area contributed by atoms with Crippen LogP contribution in [-0.2, 0) is 11.0 Å². The first-order valence-corrected chi connectivity index (χ1v) is 13.3. The number of nitrogens with zero attached hydrogens (tertiary/aromatic N) is 4. The number of benzene rings is 1. The van der Waals surface area contributed by atoms with Crippen LogP contribution in [0.4, 0.5) is 24.8 Å². The van der Waals surface area contributed by atoms with E-state index in [0.29, 0.717) is 34.9 Å². The maximum atomic E-state index is 13.0. The Bertz CT molecular complexity index is 1590. The van der Waals surface area contributed by atoms with E-state index in [2.05, 4.69) is 30.8 Å². The third kappa shape index (κ3) is 6.40. The lowest BCUT2D eigenvalue weighted by atomic mass is 10.0. The molecule has 42 heavy (non-hydrogen) atoms. The monoisotopic (exact) mass is 601 g/mol. The number of pyridine rings is 2. The van der Waals surface area contributed by atoms with E-state index in [9.17, 15) is 22.8 Å². The second-order valence-corrected chi connectivity index (χ2v) is 10.2. The summed E-state index contributed by atoms with van der Waals surface area (Å²) < 4.78 is 45.0. The van der Waals surface area contributed by atoms with E-state index in [1.54, 1.807) is 24.4 Å². The molecule has 0 unspecified atom stereocenters. The number of halogens is 4. The smallest absolute Gasteiger partial charge is 0.416 e.